The van der Waals surface area contributed by atoms with Gasteiger partial charge in [-0.15, -0.1) is 0 Å². The van der Waals surface area contributed by atoms with Crippen LogP contribution in [0.2, 0.25) is 0 Å². The molecule has 110 valence electrons. The van der Waals surface area contributed by atoms with Crippen molar-refractivity contribution in [3.8, 4) is 6.07 Å². The zero-order valence-corrected chi connectivity index (χ0v) is 12.4. The third kappa shape index (κ3) is 6.52. The van der Waals surface area contributed by atoms with Crippen molar-refractivity contribution in [2.24, 2.45) is 11.8 Å². The van der Waals surface area contributed by atoms with Gasteiger partial charge in [-0.05, 0) is 19.3 Å². The van der Waals surface area contributed by atoms with Crippen LogP contribution in [-0.4, -0.2) is 43.4 Å². The highest BCUT2D eigenvalue weighted by molar-refractivity contribution is 7.87. The molecule has 0 saturated heterocycles. The third-order valence-corrected chi connectivity index (χ3v) is 4.01. The normalized spacial score (nSPS) is 15.2. The van der Waals surface area contributed by atoms with Crippen LogP contribution < -0.4 is 4.72 Å². The molecule has 0 aromatic rings. The summed E-state index contributed by atoms with van der Waals surface area (Å²) in [5, 5.41) is 17.6. The standard InChI is InChI=1S/C11H21N3O4S/c1-8(2)5-10(11(15)16)13-19(17,18)14(4)7-9(3)6-12/h8-10,13H,5,7H2,1-4H3,(H,15,16)/t9?,10-/m0/s1. The number of nitriles is 1. The Kier molecular flexibility index (Phi) is 6.97. The summed E-state index contributed by atoms with van der Waals surface area (Å²) in [4.78, 5) is 11.0. The number of aliphatic carboxylic acids is 1. The topological polar surface area (TPSA) is 111 Å². The first kappa shape index (κ1) is 17.8. The van der Waals surface area contributed by atoms with Gasteiger partial charge in [0.15, 0.2) is 0 Å². The molecular formula is C11H21N3O4S. The molecule has 0 bridgehead atoms. The van der Waals surface area contributed by atoms with Crippen molar-refractivity contribution in [1.29, 1.82) is 5.26 Å². The van der Waals surface area contributed by atoms with E-state index in [0.717, 1.165) is 4.31 Å². The van der Waals surface area contributed by atoms with Crippen molar-refractivity contribution in [3.63, 3.8) is 0 Å². The number of hydrogen-bond acceptors (Lipinski definition) is 4. The zero-order chi connectivity index (χ0) is 15.2. The number of nitrogens with one attached hydrogen (secondary N) is 1. The molecular weight excluding hydrogens is 270 g/mol. The minimum atomic E-state index is -3.90. The lowest BCUT2D eigenvalue weighted by Crippen LogP contribution is -2.48. The molecule has 0 radical (unpaired) electrons. The van der Waals surface area contributed by atoms with Gasteiger partial charge in [0, 0.05) is 13.6 Å². The van der Waals surface area contributed by atoms with Crippen LogP contribution >= 0.6 is 0 Å². The van der Waals surface area contributed by atoms with Crippen molar-refractivity contribution >= 4 is 16.2 Å². The van der Waals surface area contributed by atoms with E-state index in [2.05, 4.69) is 4.72 Å². The van der Waals surface area contributed by atoms with Crippen LogP contribution in [0, 0.1) is 23.2 Å². The summed E-state index contributed by atoms with van der Waals surface area (Å²) in [6, 6.07) is 0.764. The van der Waals surface area contributed by atoms with Gasteiger partial charge >= 0.3 is 5.97 Å². The van der Waals surface area contributed by atoms with Crippen LogP contribution in [0.4, 0.5) is 0 Å². The second-order valence-corrected chi connectivity index (χ2v) is 6.76. The molecule has 0 aromatic carbocycles. The third-order valence-electron chi connectivity index (χ3n) is 2.46. The van der Waals surface area contributed by atoms with Crippen LogP contribution in [0.1, 0.15) is 27.2 Å². The largest absolute Gasteiger partial charge is 0.480 e. The van der Waals surface area contributed by atoms with Gasteiger partial charge in [0.1, 0.15) is 6.04 Å². The van der Waals surface area contributed by atoms with Crippen LogP contribution in [0.15, 0.2) is 0 Å². The Hall–Kier alpha value is -1.17. The molecule has 1 unspecified atom stereocenters. The molecule has 7 nitrogen and oxygen atoms in total. The second kappa shape index (κ2) is 7.43. The van der Waals surface area contributed by atoms with Crippen LogP contribution in [0.25, 0.3) is 0 Å². The maximum atomic E-state index is 11.9. The Balaban J connectivity index is 4.81. The van der Waals surface area contributed by atoms with E-state index in [4.69, 9.17) is 10.4 Å². The Bertz CT molecular complexity index is 441. The Labute approximate surface area is 114 Å². The molecule has 2 N–H and O–H groups in total. The molecule has 0 fully saturated rings. The minimum absolute atomic E-state index is 0.0137. The minimum Gasteiger partial charge on any atom is -0.480 e. The maximum absolute atomic E-state index is 11.9. The molecule has 0 saturated carbocycles. The van der Waals surface area contributed by atoms with Crippen LogP contribution in [0.3, 0.4) is 0 Å². The van der Waals surface area contributed by atoms with E-state index in [9.17, 15) is 13.2 Å². The number of rotatable bonds is 8. The highest BCUT2D eigenvalue weighted by Crippen LogP contribution is 2.08. The molecule has 8 heteroatoms. The van der Waals surface area contributed by atoms with Gasteiger partial charge in [-0.25, -0.2) is 0 Å². The number of nitrogens with zero attached hydrogens (tertiary/aromatic N) is 2. The molecule has 0 spiro atoms. The molecule has 0 amide bonds. The maximum Gasteiger partial charge on any atom is 0.321 e. The van der Waals surface area contributed by atoms with Gasteiger partial charge < -0.3 is 5.11 Å². The predicted octanol–water partition coefficient (Wildman–Crippen LogP) is 0.412. The molecule has 0 aliphatic heterocycles. The van der Waals surface area contributed by atoms with E-state index < -0.39 is 28.1 Å². The molecule has 0 rings (SSSR count). The molecule has 2 atom stereocenters. The highest BCUT2D eigenvalue weighted by Gasteiger charge is 2.28. The van der Waals surface area contributed by atoms with Crippen LogP contribution in [0.5, 0.6) is 0 Å². The first-order valence-electron chi connectivity index (χ1n) is 5.96. The Morgan fingerprint density at radius 2 is 1.95 bits per heavy atom. The van der Waals surface area contributed by atoms with Crippen molar-refractivity contribution in [2.75, 3.05) is 13.6 Å². The fourth-order valence-electron chi connectivity index (χ4n) is 1.47. The Morgan fingerprint density at radius 1 is 1.42 bits per heavy atom. The molecule has 0 aliphatic carbocycles. The first-order chi connectivity index (χ1) is 8.60. The van der Waals surface area contributed by atoms with Crippen LogP contribution in [-0.2, 0) is 15.0 Å². The van der Waals surface area contributed by atoms with Gasteiger partial charge in [0.05, 0.1) is 12.0 Å². The number of hydrogen-bond donors (Lipinski definition) is 2. The summed E-state index contributed by atoms with van der Waals surface area (Å²) in [5.74, 6) is -1.62. The van der Waals surface area contributed by atoms with Gasteiger partial charge in [-0.2, -0.15) is 22.7 Å². The zero-order valence-electron chi connectivity index (χ0n) is 11.6. The summed E-state index contributed by atoms with van der Waals surface area (Å²) < 4.78 is 26.9. The highest BCUT2D eigenvalue weighted by atomic mass is 32.2. The first-order valence-corrected chi connectivity index (χ1v) is 7.40. The van der Waals surface area contributed by atoms with E-state index >= 15 is 0 Å². The SMILES string of the molecule is CC(C)C[C@H](NS(=O)(=O)N(C)CC(C)C#N)C(=O)O. The van der Waals surface area contributed by atoms with E-state index in [1.54, 1.807) is 6.92 Å². The average Bonchev–Trinajstić information content (AvgIpc) is 2.26. The lowest BCUT2D eigenvalue weighted by molar-refractivity contribution is -0.139. The molecule has 19 heavy (non-hydrogen) atoms. The summed E-state index contributed by atoms with van der Waals surface area (Å²) in [5.41, 5.74) is 0. The van der Waals surface area contributed by atoms with Crippen molar-refractivity contribution in [2.45, 2.75) is 33.2 Å². The lowest BCUT2D eigenvalue weighted by atomic mass is 10.1. The van der Waals surface area contributed by atoms with Crippen molar-refractivity contribution in [1.82, 2.24) is 9.03 Å². The Morgan fingerprint density at radius 3 is 2.32 bits per heavy atom. The molecule has 0 heterocycles. The van der Waals surface area contributed by atoms with Gasteiger partial charge in [0.25, 0.3) is 10.2 Å². The van der Waals surface area contributed by atoms with Crippen molar-refractivity contribution < 1.29 is 18.3 Å². The van der Waals surface area contributed by atoms with Gasteiger partial charge in [-0.1, -0.05) is 13.8 Å². The van der Waals surface area contributed by atoms with Gasteiger partial charge in [-0.3, -0.25) is 4.79 Å². The monoisotopic (exact) mass is 291 g/mol. The van der Waals surface area contributed by atoms with E-state index in [1.165, 1.54) is 7.05 Å². The van der Waals surface area contributed by atoms with Gasteiger partial charge in [0.2, 0.25) is 0 Å². The summed E-state index contributed by atoms with van der Waals surface area (Å²) in [6.45, 7) is 5.23. The summed E-state index contributed by atoms with van der Waals surface area (Å²) in [6.07, 6.45) is 0.205. The molecule has 0 aliphatic rings. The van der Waals surface area contributed by atoms with E-state index in [0.29, 0.717) is 0 Å². The molecule has 0 aromatic heterocycles. The fourth-order valence-corrected chi connectivity index (χ4v) is 2.62. The average molecular weight is 291 g/mol. The summed E-state index contributed by atoms with van der Waals surface area (Å²) in [7, 11) is -2.59. The summed E-state index contributed by atoms with van der Waals surface area (Å²) >= 11 is 0. The lowest BCUT2D eigenvalue weighted by Gasteiger charge is -2.22. The number of carboxylic acid groups (broad SMARTS) is 1. The predicted molar refractivity (Wildman–Crippen MR) is 70.3 cm³/mol. The number of carboxylic acids is 1. The van der Waals surface area contributed by atoms with E-state index in [1.807, 2.05) is 19.9 Å². The van der Waals surface area contributed by atoms with Crippen molar-refractivity contribution in [3.05, 3.63) is 0 Å². The number of carbonyl (C=O) groups is 1. The smallest absolute Gasteiger partial charge is 0.321 e. The fraction of sp³-hybridized carbons (Fsp3) is 0.818. The van der Waals surface area contributed by atoms with E-state index in [-0.39, 0.29) is 18.9 Å². The quantitative estimate of drug-likeness (QED) is 0.673. The second-order valence-electron chi connectivity index (χ2n) is 4.95.